The van der Waals surface area contributed by atoms with Crippen molar-refractivity contribution in [2.45, 2.75) is 38.8 Å². The number of nitrogens with zero attached hydrogens (tertiary/aromatic N) is 1. The molecule has 0 fully saturated rings. The average molecular weight is 378 g/mol. The van der Waals surface area contributed by atoms with Crippen LogP contribution in [0.25, 0.3) is 0 Å². The Balaban J connectivity index is 2.88. The highest BCUT2D eigenvalue weighted by Gasteiger charge is 2.27. The number of aliphatic carboxylic acids is 2. The number of nitrogens with one attached hydrogen (secondary N) is 1. The minimum absolute atomic E-state index is 0.00131. The summed E-state index contributed by atoms with van der Waals surface area (Å²) in [5.41, 5.74) is 1.92. The van der Waals surface area contributed by atoms with E-state index in [0.717, 1.165) is 5.56 Å². The van der Waals surface area contributed by atoms with Gasteiger partial charge in [0.15, 0.2) is 0 Å². The molecular formula is C19H26N2O4S. The van der Waals surface area contributed by atoms with E-state index in [1.807, 2.05) is 44.2 Å². The molecule has 0 saturated carbocycles. The number of rotatable bonds is 11. The molecule has 0 saturated heterocycles. The van der Waals surface area contributed by atoms with Gasteiger partial charge in [0, 0.05) is 17.9 Å². The van der Waals surface area contributed by atoms with Crippen molar-refractivity contribution in [3.05, 3.63) is 48.2 Å². The minimum Gasteiger partial charge on any atom is -0.480 e. The molecule has 1 aromatic rings. The average Bonchev–Trinajstić information content (AvgIpc) is 2.58. The molecule has 0 heterocycles. The second kappa shape index (κ2) is 10.8. The summed E-state index contributed by atoms with van der Waals surface area (Å²) in [5.74, 6) is -1.71. The highest BCUT2D eigenvalue weighted by atomic mass is 32.1. The molecule has 0 aromatic heterocycles. The third-order valence-corrected chi connectivity index (χ3v) is 3.99. The van der Waals surface area contributed by atoms with E-state index in [4.69, 9.17) is 0 Å². The fraction of sp³-hybridized carbons (Fsp3) is 0.421. The van der Waals surface area contributed by atoms with Gasteiger partial charge in [-0.1, -0.05) is 50.8 Å². The number of carbonyl (C=O) groups is 2. The van der Waals surface area contributed by atoms with Gasteiger partial charge < -0.3 is 10.2 Å². The third kappa shape index (κ3) is 7.41. The number of carboxylic acids is 2. The highest BCUT2D eigenvalue weighted by Crippen LogP contribution is 2.13. The van der Waals surface area contributed by atoms with E-state index in [1.165, 1.54) is 0 Å². The summed E-state index contributed by atoms with van der Waals surface area (Å²) in [6.45, 7) is 7.60. The van der Waals surface area contributed by atoms with Gasteiger partial charge in [-0.3, -0.25) is 19.9 Å². The van der Waals surface area contributed by atoms with Crippen molar-refractivity contribution in [2.24, 2.45) is 10.9 Å². The molecule has 1 rings (SSSR count). The highest BCUT2D eigenvalue weighted by molar-refractivity contribution is 7.81. The van der Waals surface area contributed by atoms with Gasteiger partial charge in [-0.15, -0.1) is 0 Å². The SMILES string of the molecule is C=C(C[C@H](NC(CC(C)C)C(=O)O)C(=O)O)/N=C(\CS)c1ccccc1. The molecule has 2 atom stereocenters. The Hall–Kier alpha value is -2.12. The molecule has 1 unspecified atom stereocenters. The molecule has 0 aliphatic carbocycles. The van der Waals surface area contributed by atoms with Crippen molar-refractivity contribution < 1.29 is 19.8 Å². The zero-order valence-electron chi connectivity index (χ0n) is 15.1. The Bertz CT molecular complexity index is 659. The van der Waals surface area contributed by atoms with E-state index in [9.17, 15) is 19.8 Å². The molecule has 3 N–H and O–H groups in total. The standard InChI is InChI=1S/C19H26N2O4S/c1-12(2)9-15(18(22)23)21-16(19(24)25)10-13(3)20-17(11-26)14-7-5-4-6-8-14/h4-8,12,15-16,21,26H,3,9-11H2,1-2H3,(H,22,23)(H,24,25)/b20-17+/t15?,16-/m0/s1. The van der Waals surface area contributed by atoms with E-state index in [0.29, 0.717) is 23.6 Å². The lowest BCUT2D eigenvalue weighted by Crippen LogP contribution is -2.47. The lowest BCUT2D eigenvalue weighted by atomic mass is 10.0. The van der Waals surface area contributed by atoms with Crippen LogP contribution in [0.4, 0.5) is 0 Å². The van der Waals surface area contributed by atoms with Gasteiger partial charge in [-0.25, -0.2) is 0 Å². The first-order valence-electron chi connectivity index (χ1n) is 8.37. The smallest absolute Gasteiger partial charge is 0.321 e. The Kier molecular flexibility index (Phi) is 9.09. The van der Waals surface area contributed by atoms with Gasteiger partial charge in [0.2, 0.25) is 0 Å². The molecule has 0 bridgehead atoms. The predicted molar refractivity (Wildman–Crippen MR) is 106 cm³/mol. The van der Waals surface area contributed by atoms with Crippen LogP contribution in [-0.4, -0.2) is 45.7 Å². The van der Waals surface area contributed by atoms with Crippen molar-refractivity contribution >= 4 is 30.3 Å². The number of hydrogen-bond acceptors (Lipinski definition) is 5. The van der Waals surface area contributed by atoms with Gasteiger partial charge in [0.25, 0.3) is 0 Å². The molecule has 0 aliphatic rings. The van der Waals surface area contributed by atoms with Crippen LogP contribution in [0.5, 0.6) is 0 Å². The van der Waals surface area contributed by atoms with Crippen LogP contribution in [0.15, 0.2) is 47.6 Å². The zero-order chi connectivity index (χ0) is 19.7. The summed E-state index contributed by atoms with van der Waals surface area (Å²) in [6.07, 6.45) is 0.335. The maximum Gasteiger partial charge on any atom is 0.321 e. The van der Waals surface area contributed by atoms with Gasteiger partial charge in [-0.05, 0) is 17.9 Å². The Labute approximate surface area is 159 Å². The molecule has 7 heteroatoms. The second-order valence-electron chi connectivity index (χ2n) is 6.43. The van der Waals surface area contributed by atoms with Gasteiger partial charge in [0.1, 0.15) is 12.1 Å². The van der Waals surface area contributed by atoms with Gasteiger partial charge in [0.05, 0.1) is 5.71 Å². The van der Waals surface area contributed by atoms with Crippen LogP contribution < -0.4 is 5.32 Å². The van der Waals surface area contributed by atoms with Crippen LogP contribution >= 0.6 is 12.6 Å². The molecule has 0 radical (unpaired) electrons. The van der Waals surface area contributed by atoms with Crippen molar-refractivity contribution in [3.8, 4) is 0 Å². The summed E-state index contributed by atoms with van der Waals surface area (Å²) in [5, 5.41) is 21.4. The summed E-state index contributed by atoms with van der Waals surface area (Å²) in [6, 6.07) is 7.40. The first kappa shape index (κ1) is 21.9. The lowest BCUT2D eigenvalue weighted by molar-refractivity contribution is -0.142. The molecule has 0 spiro atoms. The van der Waals surface area contributed by atoms with E-state index in [1.54, 1.807) is 0 Å². The molecule has 26 heavy (non-hydrogen) atoms. The first-order valence-corrected chi connectivity index (χ1v) is 9.01. The number of aliphatic imine (C=N–C) groups is 1. The minimum atomic E-state index is -1.14. The molecule has 0 aliphatic heterocycles. The van der Waals surface area contributed by atoms with Crippen LogP contribution in [0.3, 0.4) is 0 Å². The van der Waals surface area contributed by atoms with E-state index in [2.05, 4.69) is 29.5 Å². The number of hydrogen-bond donors (Lipinski definition) is 4. The third-order valence-electron chi connectivity index (χ3n) is 3.70. The maximum atomic E-state index is 11.5. The Morgan fingerprint density at radius 3 is 2.19 bits per heavy atom. The first-order chi connectivity index (χ1) is 12.2. The summed E-state index contributed by atoms with van der Waals surface area (Å²) < 4.78 is 0. The van der Waals surface area contributed by atoms with Gasteiger partial charge >= 0.3 is 11.9 Å². The number of benzene rings is 1. The zero-order valence-corrected chi connectivity index (χ0v) is 15.9. The molecule has 0 amide bonds. The largest absolute Gasteiger partial charge is 0.480 e. The van der Waals surface area contributed by atoms with E-state index in [-0.39, 0.29) is 12.3 Å². The fourth-order valence-electron chi connectivity index (χ4n) is 2.47. The number of carboxylic acid groups (broad SMARTS) is 2. The van der Waals surface area contributed by atoms with Gasteiger partial charge in [-0.2, -0.15) is 12.6 Å². The monoisotopic (exact) mass is 378 g/mol. The van der Waals surface area contributed by atoms with Crippen LogP contribution in [0, 0.1) is 5.92 Å². The number of thiol groups is 1. The maximum absolute atomic E-state index is 11.5. The summed E-state index contributed by atoms with van der Waals surface area (Å²) >= 11 is 4.27. The quantitative estimate of drug-likeness (QED) is 0.351. The summed E-state index contributed by atoms with van der Waals surface area (Å²) in [7, 11) is 0. The lowest BCUT2D eigenvalue weighted by Gasteiger charge is -2.21. The molecule has 142 valence electrons. The Morgan fingerprint density at radius 1 is 1.15 bits per heavy atom. The van der Waals surface area contributed by atoms with Crippen molar-refractivity contribution in [1.82, 2.24) is 5.32 Å². The van der Waals surface area contributed by atoms with Crippen LogP contribution in [-0.2, 0) is 9.59 Å². The Morgan fingerprint density at radius 2 is 1.73 bits per heavy atom. The fourth-order valence-corrected chi connectivity index (χ4v) is 2.72. The van der Waals surface area contributed by atoms with Crippen LogP contribution in [0.2, 0.25) is 0 Å². The summed E-state index contributed by atoms with van der Waals surface area (Å²) in [4.78, 5) is 27.3. The van der Waals surface area contributed by atoms with Crippen molar-refractivity contribution in [2.75, 3.05) is 5.75 Å². The predicted octanol–water partition coefficient (Wildman–Crippen LogP) is 2.85. The second-order valence-corrected chi connectivity index (χ2v) is 6.75. The molecular weight excluding hydrogens is 352 g/mol. The normalized spacial score (nSPS) is 14.1. The van der Waals surface area contributed by atoms with Crippen molar-refractivity contribution in [3.63, 3.8) is 0 Å². The van der Waals surface area contributed by atoms with E-state index >= 15 is 0 Å². The van der Waals surface area contributed by atoms with E-state index < -0.39 is 24.0 Å². The molecule has 6 nitrogen and oxygen atoms in total. The molecule has 1 aromatic carbocycles. The topological polar surface area (TPSA) is 99.0 Å². The van der Waals surface area contributed by atoms with Crippen molar-refractivity contribution in [1.29, 1.82) is 0 Å². The van der Waals surface area contributed by atoms with Crippen LogP contribution in [0.1, 0.15) is 32.3 Å².